The Kier molecular flexibility index (Phi) is 3.14. The lowest BCUT2D eigenvalue weighted by Gasteiger charge is -2.12. The number of hydrogen-bond acceptors (Lipinski definition) is 2. The summed E-state index contributed by atoms with van der Waals surface area (Å²) in [5.74, 6) is -2.31. The fraction of sp³-hybridized carbons (Fsp3) is 0.0769. The normalized spacial score (nSPS) is 10.4. The first kappa shape index (κ1) is 12.3. The van der Waals surface area contributed by atoms with Gasteiger partial charge in [-0.15, -0.1) is 0 Å². The van der Waals surface area contributed by atoms with Gasteiger partial charge in [-0.3, -0.25) is 0 Å². The maximum Gasteiger partial charge on any atom is 0.151 e. The van der Waals surface area contributed by atoms with Crippen LogP contribution in [0.4, 0.5) is 30.2 Å². The number of benzene rings is 2. The molecule has 0 aliphatic carbocycles. The number of hydrogen-bond donors (Lipinski definition) is 2. The second-order valence-electron chi connectivity index (χ2n) is 3.92. The van der Waals surface area contributed by atoms with Crippen molar-refractivity contribution in [3.8, 4) is 0 Å². The Balaban J connectivity index is 2.47. The summed E-state index contributed by atoms with van der Waals surface area (Å²) in [4.78, 5) is 0. The van der Waals surface area contributed by atoms with Crippen molar-refractivity contribution in [2.45, 2.75) is 6.92 Å². The maximum atomic E-state index is 13.6. The van der Waals surface area contributed by atoms with E-state index in [9.17, 15) is 13.2 Å². The van der Waals surface area contributed by atoms with Crippen LogP contribution in [0, 0.1) is 24.4 Å². The molecule has 2 aromatic rings. The van der Waals surface area contributed by atoms with Crippen molar-refractivity contribution < 1.29 is 13.2 Å². The zero-order valence-electron chi connectivity index (χ0n) is 9.60. The molecule has 0 heterocycles. The van der Waals surface area contributed by atoms with E-state index in [-0.39, 0.29) is 11.4 Å². The summed E-state index contributed by atoms with van der Waals surface area (Å²) in [6.07, 6.45) is 0. The first-order valence-corrected chi connectivity index (χ1v) is 5.25. The number of aryl methyl sites for hydroxylation is 1. The van der Waals surface area contributed by atoms with Crippen LogP contribution in [0.2, 0.25) is 0 Å². The summed E-state index contributed by atoms with van der Waals surface area (Å²) >= 11 is 0. The number of para-hydroxylation sites is 1. The molecule has 0 amide bonds. The molecule has 3 N–H and O–H groups in total. The molecule has 0 atom stereocenters. The Labute approximate surface area is 102 Å². The van der Waals surface area contributed by atoms with Gasteiger partial charge in [-0.05, 0) is 30.7 Å². The molecule has 0 aliphatic heterocycles. The van der Waals surface area contributed by atoms with Crippen LogP contribution in [0.5, 0.6) is 0 Å². The van der Waals surface area contributed by atoms with Gasteiger partial charge in [-0.2, -0.15) is 0 Å². The topological polar surface area (TPSA) is 38.0 Å². The van der Waals surface area contributed by atoms with Crippen LogP contribution in [0.15, 0.2) is 30.3 Å². The highest BCUT2D eigenvalue weighted by Crippen LogP contribution is 2.28. The molecule has 0 bridgehead atoms. The Hall–Kier alpha value is -2.17. The van der Waals surface area contributed by atoms with Crippen LogP contribution in [0.1, 0.15) is 5.56 Å². The third kappa shape index (κ3) is 2.25. The van der Waals surface area contributed by atoms with E-state index in [1.165, 1.54) is 12.1 Å². The second-order valence-corrected chi connectivity index (χ2v) is 3.92. The molecule has 2 nitrogen and oxygen atoms in total. The van der Waals surface area contributed by atoms with Crippen LogP contribution >= 0.6 is 0 Å². The van der Waals surface area contributed by atoms with E-state index >= 15 is 0 Å². The summed E-state index contributed by atoms with van der Waals surface area (Å²) in [5.41, 5.74) is 5.44. The zero-order chi connectivity index (χ0) is 13.3. The van der Waals surface area contributed by atoms with Crippen molar-refractivity contribution in [3.05, 3.63) is 53.3 Å². The first-order valence-electron chi connectivity index (χ1n) is 5.25. The predicted octanol–water partition coefficient (Wildman–Crippen LogP) is 3.74. The molecule has 5 heteroatoms. The molecule has 0 spiro atoms. The second kappa shape index (κ2) is 4.60. The Morgan fingerprint density at radius 2 is 1.56 bits per heavy atom. The molecular formula is C13H11F3N2. The quantitative estimate of drug-likeness (QED) is 0.799. The molecule has 0 aromatic heterocycles. The lowest BCUT2D eigenvalue weighted by Crippen LogP contribution is -2.02. The molecule has 18 heavy (non-hydrogen) atoms. The van der Waals surface area contributed by atoms with Crippen LogP contribution < -0.4 is 11.1 Å². The predicted molar refractivity (Wildman–Crippen MR) is 65.2 cm³/mol. The number of nitrogen functional groups attached to an aromatic ring is 1. The smallest absolute Gasteiger partial charge is 0.151 e. The maximum absolute atomic E-state index is 13.6. The van der Waals surface area contributed by atoms with Crippen molar-refractivity contribution in [1.82, 2.24) is 0 Å². The average Bonchev–Trinajstić information content (AvgIpc) is 2.26. The molecule has 0 fully saturated rings. The van der Waals surface area contributed by atoms with Crippen LogP contribution in [0.25, 0.3) is 0 Å². The van der Waals surface area contributed by atoms with E-state index in [0.717, 1.165) is 12.1 Å². The summed E-state index contributed by atoms with van der Waals surface area (Å²) in [5, 5.41) is 2.42. The molecular weight excluding hydrogens is 241 g/mol. The van der Waals surface area contributed by atoms with Crippen LogP contribution in [-0.4, -0.2) is 0 Å². The summed E-state index contributed by atoms with van der Waals surface area (Å²) < 4.78 is 40.7. The fourth-order valence-corrected chi connectivity index (χ4v) is 1.63. The Morgan fingerprint density at radius 1 is 0.944 bits per heavy atom. The van der Waals surface area contributed by atoms with Crippen molar-refractivity contribution in [3.63, 3.8) is 0 Å². The highest BCUT2D eigenvalue weighted by Gasteiger charge is 2.13. The molecule has 0 radical (unpaired) electrons. The highest BCUT2D eigenvalue weighted by atomic mass is 19.1. The van der Waals surface area contributed by atoms with E-state index < -0.39 is 23.1 Å². The largest absolute Gasteiger partial charge is 0.399 e. The van der Waals surface area contributed by atoms with Gasteiger partial charge in [0, 0.05) is 5.69 Å². The monoisotopic (exact) mass is 252 g/mol. The van der Waals surface area contributed by atoms with Gasteiger partial charge in [0.05, 0.1) is 5.69 Å². The molecule has 0 unspecified atom stereocenters. The van der Waals surface area contributed by atoms with Crippen molar-refractivity contribution in [2.24, 2.45) is 0 Å². The molecule has 2 rings (SSSR count). The van der Waals surface area contributed by atoms with Crippen molar-refractivity contribution in [1.29, 1.82) is 0 Å². The number of halogens is 3. The number of nitrogens with two attached hydrogens (primary N) is 1. The van der Waals surface area contributed by atoms with Gasteiger partial charge in [0.2, 0.25) is 0 Å². The Bertz CT molecular complexity index is 554. The van der Waals surface area contributed by atoms with Crippen LogP contribution in [-0.2, 0) is 0 Å². The van der Waals surface area contributed by atoms with E-state index in [0.29, 0.717) is 5.56 Å². The third-order valence-corrected chi connectivity index (χ3v) is 2.54. The molecule has 0 aliphatic rings. The summed E-state index contributed by atoms with van der Waals surface area (Å²) in [7, 11) is 0. The number of anilines is 3. The minimum Gasteiger partial charge on any atom is -0.399 e. The lowest BCUT2D eigenvalue weighted by atomic mass is 10.1. The average molecular weight is 252 g/mol. The number of rotatable bonds is 2. The van der Waals surface area contributed by atoms with Crippen molar-refractivity contribution in [2.75, 3.05) is 11.1 Å². The van der Waals surface area contributed by atoms with E-state index in [1.807, 2.05) is 0 Å². The van der Waals surface area contributed by atoms with Crippen molar-refractivity contribution >= 4 is 17.1 Å². The van der Waals surface area contributed by atoms with Gasteiger partial charge in [0.1, 0.15) is 11.5 Å². The minimum absolute atomic E-state index is 0.0270. The van der Waals surface area contributed by atoms with Gasteiger partial charge in [-0.25, -0.2) is 13.2 Å². The van der Waals surface area contributed by atoms with E-state index in [4.69, 9.17) is 5.73 Å². The summed E-state index contributed by atoms with van der Waals surface area (Å²) in [6.45, 7) is 1.64. The highest BCUT2D eigenvalue weighted by molar-refractivity contribution is 5.66. The van der Waals surface area contributed by atoms with Gasteiger partial charge < -0.3 is 11.1 Å². The minimum atomic E-state index is -0.866. The lowest BCUT2D eigenvalue weighted by molar-refractivity contribution is 0.590. The zero-order valence-corrected chi connectivity index (χ0v) is 9.60. The molecule has 2 aromatic carbocycles. The Morgan fingerprint density at radius 3 is 2.11 bits per heavy atom. The van der Waals surface area contributed by atoms with Gasteiger partial charge in [-0.1, -0.05) is 12.1 Å². The SMILES string of the molecule is Cc1cccc(F)c1Nc1c(F)cc(N)cc1F. The molecule has 0 saturated heterocycles. The molecule has 0 saturated carbocycles. The number of nitrogens with one attached hydrogen (secondary N) is 1. The van der Waals surface area contributed by atoms with Crippen LogP contribution in [0.3, 0.4) is 0 Å². The fourth-order valence-electron chi connectivity index (χ4n) is 1.63. The molecule has 94 valence electrons. The van der Waals surface area contributed by atoms with Gasteiger partial charge in [0.25, 0.3) is 0 Å². The van der Waals surface area contributed by atoms with E-state index in [2.05, 4.69) is 5.32 Å². The van der Waals surface area contributed by atoms with Gasteiger partial charge in [0.15, 0.2) is 11.6 Å². The summed E-state index contributed by atoms with van der Waals surface area (Å²) in [6, 6.07) is 6.32. The standard InChI is InChI=1S/C13H11F3N2/c1-7-3-2-4-9(14)12(7)18-13-10(15)5-8(17)6-11(13)16/h2-6,18H,17H2,1H3. The first-order chi connectivity index (χ1) is 8.49. The van der Waals surface area contributed by atoms with E-state index in [1.54, 1.807) is 13.0 Å². The third-order valence-electron chi connectivity index (χ3n) is 2.54. The van der Waals surface area contributed by atoms with Gasteiger partial charge >= 0.3 is 0 Å².